The Bertz CT molecular complexity index is 893. The van der Waals surface area contributed by atoms with Crippen LogP contribution in [0.5, 0.6) is 11.5 Å². The highest BCUT2D eigenvalue weighted by Gasteiger charge is 2.36. The molecule has 1 N–H and O–H groups in total. The molecule has 30 heavy (non-hydrogen) atoms. The molecule has 166 valence electrons. The fraction of sp³-hybridized carbons (Fsp3) is 0.500. The second-order valence-electron chi connectivity index (χ2n) is 6.83. The summed E-state index contributed by atoms with van der Waals surface area (Å²) in [7, 11) is 6.43. The van der Waals surface area contributed by atoms with Gasteiger partial charge in [0.2, 0.25) is 0 Å². The van der Waals surface area contributed by atoms with Crippen molar-refractivity contribution in [2.75, 3.05) is 27.8 Å². The van der Waals surface area contributed by atoms with Crippen LogP contribution >= 0.6 is 0 Å². The molecule has 1 heterocycles. The van der Waals surface area contributed by atoms with Crippen LogP contribution in [0.25, 0.3) is 0 Å². The summed E-state index contributed by atoms with van der Waals surface area (Å²) in [6.07, 6.45) is -3.18. The number of nitrogens with zero attached hydrogens (tertiary/aromatic N) is 4. The van der Waals surface area contributed by atoms with Crippen LogP contribution in [0.2, 0.25) is 0 Å². The Morgan fingerprint density at radius 1 is 1.20 bits per heavy atom. The summed E-state index contributed by atoms with van der Waals surface area (Å²) in [5.41, 5.74) is 1.10. The number of hydrogen-bond donors (Lipinski definition) is 1. The number of guanidine groups is 1. The van der Waals surface area contributed by atoms with E-state index >= 15 is 0 Å². The van der Waals surface area contributed by atoms with Crippen LogP contribution < -0.4 is 14.8 Å². The number of nitrogens with one attached hydrogen (secondary N) is 1. The van der Waals surface area contributed by atoms with Crippen LogP contribution in [0, 0.1) is 6.92 Å². The first-order chi connectivity index (χ1) is 14.1. The lowest BCUT2D eigenvalue weighted by Gasteiger charge is -2.23. The number of methoxy groups -OCH3 is 2. The lowest BCUT2D eigenvalue weighted by atomic mass is 10.1. The summed E-state index contributed by atoms with van der Waals surface area (Å²) in [4.78, 5) is 6.24. The van der Waals surface area contributed by atoms with E-state index < -0.39 is 11.9 Å². The molecule has 0 saturated carbocycles. The molecule has 2 aromatic rings. The smallest absolute Gasteiger partial charge is 0.435 e. The molecule has 7 nitrogen and oxygen atoms in total. The zero-order valence-corrected chi connectivity index (χ0v) is 18.1. The third-order valence-electron chi connectivity index (χ3n) is 4.52. The molecule has 1 aromatic heterocycles. The van der Waals surface area contributed by atoms with Gasteiger partial charge in [-0.25, -0.2) is 4.99 Å². The van der Waals surface area contributed by atoms with Crippen molar-refractivity contribution in [2.24, 2.45) is 12.0 Å². The van der Waals surface area contributed by atoms with Gasteiger partial charge in [0.15, 0.2) is 23.2 Å². The fourth-order valence-electron chi connectivity index (χ4n) is 3.05. The molecular weight excluding hydrogens is 399 g/mol. The Hall–Kier alpha value is -2.91. The van der Waals surface area contributed by atoms with Crippen molar-refractivity contribution in [2.45, 2.75) is 33.1 Å². The van der Waals surface area contributed by atoms with Crippen molar-refractivity contribution >= 4 is 5.96 Å². The molecule has 1 aromatic carbocycles. The molecule has 0 spiro atoms. The Morgan fingerprint density at radius 2 is 1.83 bits per heavy atom. The van der Waals surface area contributed by atoms with Crippen LogP contribution in [0.1, 0.15) is 29.3 Å². The van der Waals surface area contributed by atoms with E-state index in [0.29, 0.717) is 30.5 Å². The summed E-state index contributed by atoms with van der Waals surface area (Å²) in [6.45, 7) is 4.78. The van der Waals surface area contributed by atoms with E-state index in [9.17, 15) is 13.2 Å². The maximum atomic E-state index is 13.2. The van der Waals surface area contributed by atoms with Crippen molar-refractivity contribution in [1.82, 2.24) is 20.0 Å². The maximum absolute atomic E-state index is 13.2. The standard InChI is InChI=1S/C20H28F3N5O2/c1-7-24-19(25-10-15-12-28(4)26-18(15)20(21,22)23)27(3)11-14-9-17(30-6)16(29-5)8-13(14)2/h8-9,12H,7,10-11H2,1-6H3,(H,24,25). The summed E-state index contributed by atoms with van der Waals surface area (Å²) in [5.74, 6) is 1.74. The molecule has 0 fully saturated rings. The van der Waals surface area contributed by atoms with Crippen LogP contribution in [0.4, 0.5) is 13.2 Å². The zero-order valence-electron chi connectivity index (χ0n) is 18.1. The van der Waals surface area contributed by atoms with Crippen molar-refractivity contribution in [1.29, 1.82) is 0 Å². The summed E-state index contributed by atoms with van der Waals surface area (Å²) >= 11 is 0. The number of aromatic nitrogens is 2. The lowest BCUT2D eigenvalue weighted by Crippen LogP contribution is -2.38. The highest BCUT2D eigenvalue weighted by Crippen LogP contribution is 2.32. The molecule has 0 amide bonds. The first kappa shape index (κ1) is 23.4. The van der Waals surface area contributed by atoms with Crippen LogP contribution in [0.15, 0.2) is 23.3 Å². The molecule has 0 aliphatic carbocycles. The van der Waals surface area contributed by atoms with E-state index in [-0.39, 0.29) is 12.1 Å². The van der Waals surface area contributed by atoms with Gasteiger partial charge in [-0.1, -0.05) is 0 Å². The average Bonchev–Trinajstić information content (AvgIpc) is 3.07. The molecule has 0 saturated heterocycles. The zero-order chi connectivity index (χ0) is 22.5. The topological polar surface area (TPSA) is 63.9 Å². The first-order valence-electron chi connectivity index (χ1n) is 9.41. The van der Waals surface area contributed by atoms with E-state index in [1.807, 2.05) is 37.9 Å². The highest BCUT2D eigenvalue weighted by molar-refractivity contribution is 5.79. The molecule has 0 unspecified atom stereocenters. The van der Waals surface area contributed by atoms with Gasteiger partial charge in [0.05, 0.1) is 20.8 Å². The van der Waals surface area contributed by atoms with Crippen LogP contribution in [0.3, 0.4) is 0 Å². The van der Waals surface area contributed by atoms with Gasteiger partial charge in [-0.05, 0) is 37.1 Å². The second kappa shape index (κ2) is 9.73. The van der Waals surface area contributed by atoms with Crippen molar-refractivity contribution in [3.05, 3.63) is 40.7 Å². The number of ether oxygens (including phenoxy) is 2. The SMILES string of the molecule is CCNC(=NCc1cn(C)nc1C(F)(F)F)N(C)Cc1cc(OC)c(OC)cc1C. The van der Waals surface area contributed by atoms with Gasteiger partial charge in [-0.2, -0.15) is 18.3 Å². The molecule has 0 radical (unpaired) electrons. The molecule has 0 atom stereocenters. The number of aryl methyl sites for hydroxylation is 2. The Morgan fingerprint density at radius 3 is 2.40 bits per heavy atom. The van der Waals surface area contributed by atoms with Crippen molar-refractivity contribution in [3.63, 3.8) is 0 Å². The molecule has 0 aliphatic rings. The monoisotopic (exact) mass is 427 g/mol. The summed E-state index contributed by atoms with van der Waals surface area (Å²) < 4.78 is 51.4. The van der Waals surface area contributed by atoms with Crippen molar-refractivity contribution < 1.29 is 22.6 Å². The van der Waals surface area contributed by atoms with E-state index in [0.717, 1.165) is 15.8 Å². The third-order valence-corrected chi connectivity index (χ3v) is 4.52. The first-order valence-corrected chi connectivity index (χ1v) is 9.41. The van der Waals surface area contributed by atoms with E-state index in [1.54, 1.807) is 14.2 Å². The minimum Gasteiger partial charge on any atom is -0.493 e. The summed E-state index contributed by atoms with van der Waals surface area (Å²) in [5, 5.41) is 6.65. The fourth-order valence-corrected chi connectivity index (χ4v) is 3.05. The molecule has 2 rings (SSSR count). The average molecular weight is 427 g/mol. The quantitative estimate of drug-likeness (QED) is 0.542. The molecule has 10 heteroatoms. The normalized spacial score (nSPS) is 12.1. The number of hydrogen-bond acceptors (Lipinski definition) is 4. The minimum absolute atomic E-state index is 0.0242. The number of halogens is 3. The third kappa shape index (κ3) is 5.58. The number of aliphatic imine (C=N–C) groups is 1. The Labute approximate surface area is 174 Å². The predicted octanol–water partition coefficient (Wildman–Crippen LogP) is 3.36. The molecular formula is C20H28F3N5O2. The van der Waals surface area contributed by atoms with Gasteiger partial charge >= 0.3 is 6.18 Å². The van der Waals surface area contributed by atoms with Gasteiger partial charge in [0.25, 0.3) is 0 Å². The van der Waals surface area contributed by atoms with Gasteiger partial charge < -0.3 is 19.7 Å². The molecule has 0 aliphatic heterocycles. The second-order valence-corrected chi connectivity index (χ2v) is 6.83. The molecule has 0 bridgehead atoms. The summed E-state index contributed by atoms with van der Waals surface area (Å²) in [6, 6.07) is 3.77. The Balaban J connectivity index is 2.26. The van der Waals surface area contributed by atoms with Gasteiger partial charge in [-0.15, -0.1) is 0 Å². The lowest BCUT2D eigenvalue weighted by molar-refractivity contribution is -0.142. The number of alkyl halides is 3. The Kier molecular flexibility index (Phi) is 7.58. The number of benzene rings is 1. The largest absolute Gasteiger partial charge is 0.493 e. The maximum Gasteiger partial charge on any atom is 0.435 e. The predicted molar refractivity (Wildman–Crippen MR) is 109 cm³/mol. The van der Waals surface area contributed by atoms with Gasteiger partial charge in [0.1, 0.15) is 0 Å². The number of rotatable bonds is 7. The van der Waals surface area contributed by atoms with Crippen molar-refractivity contribution in [3.8, 4) is 11.5 Å². The van der Waals surface area contributed by atoms with Crippen LogP contribution in [-0.4, -0.2) is 48.5 Å². The van der Waals surface area contributed by atoms with Crippen LogP contribution in [-0.2, 0) is 26.3 Å². The van der Waals surface area contributed by atoms with E-state index in [1.165, 1.54) is 13.2 Å². The van der Waals surface area contributed by atoms with Gasteiger partial charge in [-0.3, -0.25) is 4.68 Å². The minimum atomic E-state index is -4.52. The van der Waals surface area contributed by atoms with Gasteiger partial charge in [0, 0.05) is 38.9 Å². The van der Waals surface area contributed by atoms with E-state index in [4.69, 9.17) is 9.47 Å². The highest BCUT2D eigenvalue weighted by atomic mass is 19.4. The van der Waals surface area contributed by atoms with E-state index in [2.05, 4.69) is 15.4 Å².